The predicted molar refractivity (Wildman–Crippen MR) is 52.4 cm³/mol. The zero-order valence-electron chi connectivity index (χ0n) is 7.83. The Balaban J connectivity index is 2.07. The molecule has 0 bridgehead atoms. The van der Waals surface area contributed by atoms with E-state index in [1.807, 2.05) is 0 Å². The van der Waals surface area contributed by atoms with Gasteiger partial charge in [0.15, 0.2) is 9.84 Å². The van der Waals surface area contributed by atoms with E-state index in [1.54, 1.807) is 0 Å². The average Bonchev–Trinajstić information content (AvgIpc) is 2.47. The highest BCUT2D eigenvalue weighted by molar-refractivity contribution is 7.92. The molecular formula is C9H17NO2S. The fourth-order valence-corrected chi connectivity index (χ4v) is 4.76. The standard InChI is InChI=1S/C9H17NO2S/c11-13(12)6-2-4-9(13)8-3-1-5-10-7-8/h8-10H,1-7H2/t8-,9+/m1/s1. The highest BCUT2D eigenvalue weighted by Gasteiger charge is 2.37. The van der Waals surface area contributed by atoms with Crippen LogP contribution in [0, 0.1) is 5.92 Å². The molecule has 0 aromatic heterocycles. The number of rotatable bonds is 1. The van der Waals surface area contributed by atoms with Crippen LogP contribution in [0.1, 0.15) is 25.7 Å². The molecule has 2 aliphatic heterocycles. The highest BCUT2D eigenvalue weighted by atomic mass is 32.2. The summed E-state index contributed by atoms with van der Waals surface area (Å²) in [7, 11) is -2.73. The van der Waals surface area contributed by atoms with Crippen LogP contribution in [0.5, 0.6) is 0 Å². The van der Waals surface area contributed by atoms with Crippen molar-refractivity contribution in [3.05, 3.63) is 0 Å². The minimum absolute atomic E-state index is 0.0275. The molecule has 0 aliphatic carbocycles. The van der Waals surface area contributed by atoms with E-state index in [0.29, 0.717) is 11.7 Å². The minimum atomic E-state index is -2.73. The first-order valence-electron chi connectivity index (χ1n) is 5.12. The molecule has 0 aromatic carbocycles. The van der Waals surface area contributed by atoms with Gasteiger partial charge in [-0.1, -0.05) is 0 Å². The molecule has 0 unspecified atom stereocenters. The van der Waals surface area contributed by atoms with Crippen LogP contribution < -0.4 is 5.32 Å². The number of piperidine rings is 1. The summed E-state index contributed by atoms with van der Waals surface area (Å²) < 4.78 is 23.3. The summed E-state index contributed by atoms with van der Waals surface area (Å²) in [6.45, 7) is 1.97. The maximum Gasteiger partial charge on any atom is 0.153 e. The second-order valence-corrected chi connectivity index (χ2v) is 6.49. The molecule has 0 aromatic rings. The third kappa shape index (κ3) is 1.89. The van der Waals surface area contributed by atoms with E-state index in [4.69, 9.17) is 0 Å². The summed E-state index contributed by atoms with van der Waals surface area (Å²) in [4.78, 5) is 0. The van der Waals surface area contributed by atoms with Gasteiger partial charge in [0.25, 0.3) is 0 Å². The number of sulfone groups is 1. The number of hydrogen-bond acceptors (Lipinski definition) is 3. The van der Waals surface area contributed by atoms with Crippen molar-refractivity contribution in [2.45, 2.75) is 30.9 Å². The highest BCUT2D eigenvalue weighted by Crippen LogP contribution is 2.30. The molecule has 2 saturated heterocycles. The lowest BCUT2D eigenvalue weighted by molar-refractivity contribution is 0.356. The van der Waals surface area contributed by atoms with E-state index in [2.05, 4.69) is 5.32 Å². The van der Waals surface area contributed by atoms with Crippen molar-refractivity contribution in [3.8, 4) is 0 Å². The second kappa shape index (κ2) is 3.58. The van der Waals surface area contributed by atoms with Crippen LogP contribution in [-0.2, 0) is 9.84 Å². The molecule has 76 valence electrons. The van der Waals surface area contributed by atoms with Gasteiger partial charge in [0.2, 0.25) is 0 Å². The molecule has 1 N–H and O–H groups in total. The van der Waals surface area contributed by atoms with Crippen molar-refractivity contribution in [3.63, 3.8) is 0 Å². The van der Waals surface area contributed by atoms with E-state index in [0.717, 1.165) is 38.8 Å². The zero-order valence-corrected chi connectivity index (χ0v) is 8.65. The largest absolute Gasteiger partial charge is 0.316 e. The Hall–Kier alpha value is -0.0900. The Kier molecular flexibility index (Phi) is 2.60. The van der Waals surface area contributed by atoms with Crippen LogP contribution in [0.3, 0.4) is 0 Å². The van der Waals surface area contributed by atoms with Gasteiger partial charge in [-0.25, -0.2) is 8.42 Å². The molecule has 3 nitrogen and oxygen atoms in total. The lowest BCUT2D eigenvalue weighted by atomic mass is 9.94. The lowest BCUT2D eigenvalue weighted by Gasteiger charge is -2.27. The van der Waals surface area contributed by atoms with Gasteiger partial charge in [-0.05, 0) is 44.7 Å². The first kappa shape index (κ1) is 9.46. The van der Waals surface area contributed by atoms with Crippen molar-refractivity contribution in [1.82, 2.24) is 5.32 Å². The molecule has 0 amide bonds. The molecule has 2 fully saturated rings. The van der Waals surface area contributed by atoms with E-state index in [9.17, 15) is 8.42 Å². The van der Waals surface area contributed by atoms with Crippen LogP contribution in [0.25, 0.3) is 0 Å². The monoisotopic (exact) mass is 203 g/mol. The predicted octanol–water partition coefficient (Wildman–Crippen LogP) is 0.563. The van der Waals surface area contributed by atoms with Gasteiger partial charge in [0.1, 0.15) is 0 Å². The lowest BCUT2D eigenvalue weighted by Crippen LogP contribution is -2.38. The van der Waals surface area contributed by atoms with E-state index >= 15 is 0 Å². The van der Waals surface area contributed by atoms with Crippen LogP contribution in [0.4, 0.5) is 0 Å². The SMILES string of the molecule is O=S1(=O)CCC[C@H]1[C@@H]1CCCNC1. The molecule has 0 spiro atoms. The molecule has 13 heavy (non-hydrogen) atoms. The van der Waals surface area contributed by atoms with Crippen molar-refractivity contribution < 1.29 is 8.42 Å². The van der Waals surface area contributed by atoms with Gasteiger partial charge in [-0.2, -0.15) is 0 Å². The van der Waals surface area contributed by atoms with Gasteiger partial charge in [0.05, 0.1) is 11.0 Å². The van der Waals surface area contributed by atoms with Crippen molar-refractivity contribution in [2.24, 2.45) is 5.92 Å². The van der Waals surface area contributed by atoms with E-state index in [1.165, 1.54) is 0 Å². The average molecular weight is 203 g/mol. The third-order valence-corrected chi connectivity index (χ3v) is 5.64. The molecule has 4 heteroatoms. The van der Waals surface area contributed by atoms with Gasteiger partial charge >= 0.3 is 0 Å². The van der Waals surface area contributed by atoms with Gasteiger partial charge in [-0.3, -0.25) is 0 Å². The Morgan fingerprint density at radius 1 is 1.15 bits per heavy atom. The molecule has 2 aliphatic rings. The number of hydrogen-bond donors (Lipinski definition) is 1. The Morgan fingerprint density at radius 3 is 2.54 bits per heavy atom. The topological polar surface area (TPSA) is 46.2 Å². The summed E-state index contributed by atoms with van der Waals surface area (Å²) in [5.41, 5.74) is 0. The maximum absolute atomic E-state index is 11.6. The zero-order chi connectivity index (χ0) is 9.31. The van der Waals surface area contributed by atoms with Crippen molar-refractivity contribution in [2.75, 3.05) is 18.8 Å². The fourth-order valence-electron chi connectivity index (χ4n) is 2.54. The third-order valence-electron chi connectivity index (χ3n) is 3.24. The van der Waals surface area contributed by atoms with E-state index in [-0.39, 0.29) is 5.25 Å². The maximum atomic E-state index is 11.6. The minimum Gasteiger partial charge on any atom is -0.316 e. The van der Waals surface area contributed by atoms with Gasteiger partial charge < -0.3 is 5.32 Å². The summed E-state index contributed by atoms with van der Waals surface area (Å²) >= 11 is 0. The molecule has 2 atom stereocenters. The molecule has 0 saturated carbocycles. The van der Waals surface area contributed by atoms with Crippen LogP contribution in [-0.4, -0.2) is 32.5 Å². The van der Waals surface area contributed by atoms with Crippen molar-refractivity contribution in [1.29, 1.82) is 0 Å². The second-order valence-electron chi connectivity index (χ2n) is 4.15. The molecule has 2 heterocycles. The van der Waals surface area contributed by atoms with Crippen LogP contribution >= 0.6 is 0 Å². The summed E-state index contributed by atoms with van der Waals surface area (Å²) in [5.74, 6) is 0.815. The molecule has 0 radical (unpaired) electrons. The Morgan fingerprint density at radius 2 is 2.00 bits per heavy atom. The summed E-state index contributed by atoms with van der Waals surface area (Å²) in [6.07, 6.45) is 4.01. The fraction of sp³-hybridized carbons (Fsp3) is 1.00. The first-order chi connectivity index (χ1) is 6.20. The molecule has 2 rings (SSSR count). The van der Waals surface area contributed by atoms with Crippen molar-refractivity contribution >= 4 is 9.84 Å². The Labute approximate surface area is 79.8 Å². The molecular weight excluding hydrogens is 186 g/mol. The quantitative estimate of drug-likeness (QED) is 0.677. The first-order valence-corrected chi connectivity index (χ1v) is 6.84. The van der Waals surface area contributed by atoms with Gasteiger partial charge in [0, 0.05) is 0 Å². The summed E-state index contributed by atoms with van der Waals surface area (Å²) in [5, 5.41) is 3.26. The Bertz CT molecular complexity index is 267. The number of nitrogens with one attached hydrogen (secondary N) is 1. The van der Waals surface area contributed by atoms with Gasteiger partial charge in [-0.15, -0.1) is 0 Å². The summed E-state index contributed by atoms with van der Waals surface area (Å²) in [6, 6.07) is 0. The van der Waals surface area contributed by atoms with E-state index < -0.39 is 9.84 Å². The normalized spacial score (nSPS) is 39.1. The van der Waals surface area contributed by atoms with Crippen LogP contribution in [0.2, 0.25) is 0 Å². The van der Waals surface area contributed by atoms with Crippen LogP contribution in [0.15, 0.2) is 0 Å². The smallest absolute Gasteiger partial charge is 0.153 e.